The molecule has 4 nitrogen and oxygen atoms in total. The predicted molar refractivity (Wildman–Crippen MR) is 128 cm³/mol. The van der Waals surface area contributed by atoms with E-state index in [0.717, 1.165) is 44.0 Å². The van der Waals surface area contributed by atoms with Crippen molar-refractivity contribution in [2.24, 2.45) is 11.8 Å². The molecule has 1 aliphatic rings. The molecule has 0 saturated heterocycles. The summed E-state index contributed by atoms with van der Waals surface area (Å²) in [6.07, 6.45) is 4.45. The lowest BCUT2D eigenvalue weighted by atomic mass is 9.81. The lowest BCUT2D eigenvalue weighted by Crippen LogP contribution is -2.36. The molecule has 0 aromatic heterocycles. The van der Waals surface area contributed by atoms with Gasteiger partial charge in [0, 0.05) is 20.2 Å². The lowest BCUT2D eigenvalue weighted by molar-refractivity contribution is 0.0934. The van der Waals surface area contributed by atoms with E-state index in [-0.39, 0.29) is 11.8 Å². The smallest absolute Gasteiger partial charge is 0.252 e. The highest BCUT2D eigenvalue weighted by Crippen LogP contribution is 2.28. The van der Waals surface area contributed by atoms with Crippen LogP contribution < -0.4 is 10.6 Å². The first-order chi connectivity index (χ1) is 13.5. The van der Waals surface area contributed by atoms with E-state index in [9.17, 15) is 9.59 Å². The molecule has 0 aliphatic heterocycles. The Balaban J connectivity index is 1.46. The first kappa shape index (κ1) is 21.5. The van der Waals surface area contributed by atoms with Crippen LogP contribution in [0.15, 0.2) is 48.5 Å². The number of nitrogens with one attached hydrogen (secondary N) is 2. The van der Waals surface area contributed by atoms with Crippen LogP contribution in [-0.2, 0) is 0 Å². The minimum Gasteiger partial charge on any atom is -0.352 e. The zero-order valence-corrected chi connectivity index (χ0v) is 19.9. The van der Waals surface area contributed by atoms with Gasteiger partial charge in [-0.2, -0.15) is 0 Å². The SMILES string of the molecule is O=C(NCC1CCCC(CNC(=O)c2ccccc2I)C1)c1ccccc1I. The minimum atomic E-state index is -0.000853. The maximum absolute atomic E-state index is 12.4. The number of carbonyl (C=O) groups is 2. The summed E-state index contributed by atoms with van der Waals surface area (Å²) in [5.74, 6) is 0.939. The zero-order chi connectivity index (χ0) is 19.9. The molecule has 2 N–H and O–H groups in total. The molecule has 1 fully saturated rings. The van der Waals surface area contributed by atoms with Gasteiger partial charge < -0.3 is 10.6 Å². The van der Waals surface area contributed by atoms with Gasteiger partial charge in [-0.25, -0.2) is 0 Å². The summed E-state index contributed by atoms with van der Waals surface area (Å²) in [6, 6.07) is 15.3. The van der Waals surface area contributed by atoms with Crippen molar-refractivity contribution in [3.8, 4) is 0 Å². The summed E-state index contributed by atoms with van der Waals surface area (Å²) in [5.41, 5.74) is 1.47. The van der Waals surface area contributed by atoms with E-state index in [1.165, 1.54) is 0 Å². The number of amides is 2. The van der Waals surface area contributed by atoms with Gasteiger partial charge in [0.2, 0.25) is 0 Å². The molecule has 2 aromatic rings. The predicted octanol–water partition coefficient (Wildman–Crippen LogP) is 4.86. The van der Waals surface area contributed by atoms with Gasteiger partial charge in [0.1, 0.15) is 0 Å². The van der Waals surface area contributed by atoms with Crippen molar-refractivity contribution in [2.75, 3.05) is 13.1 Å². The largest absolute Gasteiger partial charge is 0.352 e. The summed E-state index contributed by atoms with van der Waals surface area (Å²) < 4.78 is 1.94. The average molecular weight is 602 g/mol. The van der Waals surface area contributed by atoms with Crippen molar-refractivity contribution in [2.45, 2.75) is 25.7 Å². The first-order valence-corrected chi connectivity index (χ1v) is 11.8. The van der Waals surface area contributed by atoms with E-state index in [4.69, 9.17) is 0 Å². The molecule has 1 aliphatic carbocycles. The minimum absolute atomic E-state index is 0.000853. The van der Waals surface area contributed by atoms with Gasteiger partial charge >= 0.3 is 0 Å². The standard InChI is InChI=1S/C22H24I2N2O2/c23-19-10-3-1-8-17(19)21(27)25-13-15-6-5-7-16(12-15)14-26-22(28)18-9-2-4-11-20(18)24/h1-4,8-11,15-16H,5-7,12-14H2,(H,25,27)(H,26,28). The van der Waals surface area contributed by atoms with Gasteiger partial charge in [-0.15, -0.1) is 0 Å². The van der Waals surface area contributed by atoms with Gasteiger partial charge in [-0.3, -0.25) is 9.59 Å². The van der Waals surface area contributed by atoms with Crippen molar-refractivity contribution >= 4 is 57.0 Å². The van der Waals surface area contributed by atoms with Gasteiger partial charge in [0.15, 0.2) is 0 Å². The Morgan fingerprint density at radius 1 is 0.786 bits per heavy atom. The number of hydrogen-bond acceptors (Lipinski definition) is 2. The second-order valence-electron chi connectivity index (χ2n) is 7.28. The van der Waals surface area contributed by atoms with Crippen molar-refractivity contribution in [3.05, 3.63) is 66.8 Å². The molecule has 0 spiro atoms. The first-order valence-electron chi connectivity index (χ1n) is 9.60. The van der Waals surface area contributed by atoms with Crippen LogP contribution in [0.25, 0.3) is 0 Å². The molecule has 2 aromatic carbocycles. The molecule has 0 bridgehead atoms. The maximum atomic E-state index is 12.4. The molecular formula is C22H24I2N2O2. The van der Waals surface area contributed by atoms with E-state index in [1.54, 1.807) is 0 Å². The Morgan fingerprint density at radius 2 is 1.21 bits per heavy atom. The lowest BCUT2D eigenvalue weighted by Gasteiger charge is -2.29. The molecular weight excluding hydrogens is 578 g/mol. The number of benzene rings is 2. The van der Waals surface area contributed by atoms with Gasteiger partial charge in [0.05, 0.1) is 11.1 Å². The van der Waals surface area contributed by atoms with Crippen molar-refractivity contribution in [1.29, 1.82) is 0 Å². The maximum Gasteiger partial charge on any atom is 0.252 e. The van der Waals surface area contributed by atoms with Gasteiger partial charge in [-0.1, -0.05) is 30.7 Å². The molecule has 1 saturated carbocycles. The van der Waals surface area contributed by atoms with Crippen LogP contribution in [0.1, 0.15) is 46.4 Å². The normalized spacial score (nSPS) is 19.1. The highest BCUT2D eigenvalue weighted by atomic mass is 127. The fraction of sp³-hybridized carbons (Fsp3) is 0.364. The summed E-state index contributed by atoms with van der Waals surface area (Å²) >= 11 is 4.39. The van der Waals surface area contributed by atoms with Crippen LogP contribution in [0, 0.1) is 19.0 Å². The van der Waals surface area contributed by atoms with E-state index in [0.29, 0.717) is 24.9 Å². The van der Waals surface area contributed by atoms with Gasteiger partial charge in [0.25, 0.3) is 11.8 Å². The molecule has 2 amide bonds. The Hall–Kier alpha value is -1.16. The summed E-state index contributed by atoms with van der Waals surface area (Å²) in [5, 5.41) is 6.19. The summed E-state index contributed by atoms with van der Waals surface area (Å²) in [7, 11) is 0. The Kier molecular flexibility index (Phi) is 8.13. The summed E-state index contributed by atoms with van der Waals surface area (Å²) in [6.45, 7) is 1.40. The molecule has 148 valence electrons. The van der Waals surface area contributed by atoms with Crippen molar-refractivity contribution in [1.82, 2.24) is 10.6 Å². The number of rotatable bonds is 6. The van der Waals surface area contributed by atoms with Crippen molar-refractivity contribution in [3.63, 3.8) is 0 Å². The van der Waals surface area contributed by atoms with E-state index in [1.807, 2.05) is 48.5 Å². The zero-order valence-electron chi connectivity index (χ0n) is 15.6. The van der Waals surface area contributed by atoms with Crippen molar-refractivity contribution < 1.29 is 9.59 Å². The Morgan fingerprint density at radius 3 is 1.64 bits per heavy atom. The third-order valence-corrected chi connectivity index (χ3v) is 7.11. The highest BCUT2D eigenvalue weighted by Gasteiger charge is 2.23. The summed E-state index contributed by atoms with van der Waals surface area (Å²) in [4.78, 5) is 24.8. The second-order valence-corrected chi connectivity index (χ2v) is 9.60. The quantitative estimate of drug-likeness (QED) is 0.465. The average Bonchev–Trinajstić information content (AvgIpc) is 2.71. The topological polar surface area (TPSA) is 58.2 Å². The molecule has 0 heterocycles. The van der Waals surface area contributed by atoms with E-state index < -0.39 is 0 Å². The number of hydrogen-bond donors (Lipinski definition) is 2. The number of halogens is 2. The molecule has 2 atom stereocenters. The van der Waals surface area contributed by atoms with E-state index >= 15 is 0 Å². The van der Waals surface area contributed by atoms with Crippen LogP contribution in [0.2, 0.25) is 0 Å². The van der Waals surface area contributed by atoms with E-state index in [2.05, 4.69) is 55.8 Å². The molecule has 6 heteroatoms. The molecule has 3 rings (SSSR count). The van der Waals surface area contributed by atoms with Crippen LogP contribution in [-0.4, -0.2) is 24.9 Å². The number of carbonyl (C=O) groups excluding carboxylic acids is 2. The molecule has 28 heavy (non-hydrogen) atoms. The third-order valence-electron chi connectivity index (χ3n) is 5.23. The van der Waals surface area contributed by atoms with Crippen LogP contribution in [0.4, 0.5) is 0 Å². The third kappa shape index (κ3) is 5.92. The van der Waals surface area contributed by atoms with Crippen LogP contribution >= 0.6 is 45.2 Å². The van der Waals surface area contributed by atoms with Crippen LogP contribution in [0.5, 0.6) is 0 Å². The van der Waals surface area contributed by atoms with Crippen LogP contribution in [0.3, 0.4) is 0 Å². The van der Waals surface area contributed by atoms with Gasteiger partial charge in [-0.05, 0) is 101 Å². The fourth-order valence-corrected chi connectivity index (χ4v) is 4.99. The molecule has 0 radical (unpaired) electrons. The second kappa shape index (κ2) is 10.6. The highest BCUT2D eigenvalue weighted by molar-refractivity contribution is 14.1. The fourth-order valence-electron chi connectivity index (χ4n) is 3.73. The monoisotopic (exact) mass is 602 g/mol. The Bertz CT molecular complexity index is 773. The molecule has 2 unspecified atom stereocenters. The Labute approximate surface area is 193 Å².